The predicted molar refractivity (Wildman–Crippen MR) is 61.8 cm³/mol. The number of hydrogen-bond acceptors (Lipinski definition) is 5. The lowest BCUT2D eigenvalue weighted by Gasteiger charge is -2.21. The summed E-state index contributed by atoms with van der Waals surface area (Å²) in [5.74, 6) is 0.142. The van der Waals surface area contributed by atoms with Crippen LogP contribution in [0.4, 0.5) is 0 Å². The number of nitrogens with one attached hydrogen (secondary N) is 1. The minimum atomic E-state index is -0.514. The van der Waals surface area contributed by atoms with Crippen LogP contribution >= 0.6 is 12.4 Å². The van der Waals surface area contributed by atoms with E-state index in [0.29, 0.717) is 12.3 Å². The number of carbonyl (C=O) groups is 1. The van der Waals surface area contributed by atoms with E-state index in [1.165, 1.54) is 7.11 Å². The topological polar surface area (TPSA) is 59.9 Å². The number of carbonyl (C=O) groups excluding carboxylic acids is 1. The fourth-order valence-corrected chi connectivity index (χ4v) is 2.05. The second-order valence-electron chi connectivity index (χ2n) is 3.93. The van der Waals surface area contributed by atoms with Crippen LogP contribution in [0.25, 0.3) is 0 Å². The number of hydrogen-bond donors (Lipinski definition) is 1. The van der Waals surface area contributed by atoms with E-state index in [1.54, 1.807) is 0 Å². The second kappa shape index (κ2) is 6.06. The summed E-state index contributed by atoms with van der Waals surface area (Å²) >= 11 is 0. The van der Waals surface area contributed by atoms with Crippen LogP contribution in [0, 0.1) is 5.92 Å². The first-order valence-electron chi connectivity index (χ1n) is 5.32. The van der Waals surface area contributed by atoms with Crippen LogP contribution in [0.1, 0.15) is 19.3 Å². The number of methoxy groups -OCH3 is 1. The maximum absolute atomic E-state index is 11.2. The fraction of sp³-hybridized carbons (Fsp3) is 0.800. The third-order valence-corrected chi connectivity index (χ3v) is 2.97. The maximum Gasteiger partial charge on any atom is 0.350 e. The molecule has 2 aliphatic heterocycles. The van der Waals surface area contributed by atoms with Crippen molar-refractivity contribution in [3.8, 4) is 0 Å². The molecule has 0 radical (unpaired) electrons. The number of piperidine rings is 1. The van der Waals surface area contributed by atoms with E-state index in [2.05, 4.69) is 15.2 Å². The fourth-order valence-electron chi connectivity index (χ4n) is 2.05. The number of esters is 1. The first-order valence-corrected chi connectivity index (χ1v) is 5.32. The molecule has 92 valence electrons. The molecule has 5 nitrogen and oxygen atoms in total. The third-order valence-electron chi connectivity index (χ3n) is 2.97. The monoisotopic (exact) mass is 248 g/mol. The molecule has 0 amide bonds. The molecule has 1 N–H and O–H groups in total. The molecule has 0 saturated carbocycles. The van der Waals surface area contributed by atoms with Crippen molar-refractivity contribution in [2.24, 2.45) is 11.1 Å². The standard InChI is InChI=1S/C10H16N2O3.ClH/c1-14-10(13)9-6-8(12-15-9)7-2-4-11-5-3-7;/h7,9,11H,2-6H2,1H3;1H. The summed E-state index contributed by atoms with van der Waals surface area (Å²) < 4.78 is 4.62. The van der Waals surface area contributed by atoms with E-state index in [-0.39, 0.29) is 18.4 Å². The van der Waals surface area contributed by atoms with Gasteiger partial charge in [-0.05, 0) is 25.9 Å². The highest BCUT2D eigenvalue weighted by atomic mass is 35.5. The molecule has 1 unspecified atom stereocenters. The zero-order valence-corrected chi connectivity index (χ0v) is 10.1. The summed E-state index contributed by atoms with van der Waals surface area (Å²) in [6, 6.07) is 0. The van der Waals surface area contributed by atoms with Gasteiger partial charge in [-0.2, -0.15) is 0 Å². The summed E-state index contributed by atoms with van der Waals surface area (Å²) in [6.07, 6.45) is 2.24. The summed E-state index contributed by atoms with van der Waals surface area (Å²) in [5.41, 5.74) is 1.02. The quantitative estimate of drug-likeness (QED) is 0.732. The van der Waals surface area contributed by atoms with Crippen molar-refractivity contribution >= 4 is 24.1 Å². The molecule has 0 aliphatic carbocycles. The first kappa shape index (κ1) is 13.3. The summed E-state index contributed by atoms with van der Waals surface area (Å²) in [4.78, 5) is 16.3. The van der Waals surface area contributed by atoms with E-state index in [0.717, 1.165) is 31.6 Å². The van der Waals surface area contributed by atoms with Crippen LogP contribution < -0.4 is 5.32 Å². The molecule has 16 heavy (non-hydrogen) atoms. The molecular formula is C10H17ClN2O3. The average molecular weight is 249 g/mol. The number of oxime groups is 1. The molecule has 0 aromatic rings. The van der Waals surface area contributed by atoms with Crippen molar-refractivity contribution in [3.63, 3.8) is 0 Å². The van der Waals surface area contributed by atoms with Crippen LogP contribution in [0.15, 0.2) is 5.16 Å². The molecule has 0 aromatic carbocycles. The normalized spacial score (nSPS) is 25.3. The molecule has 1 saturated heterocycles. The molecule has 0 aromatic heterocycles. The Bertz CT molecular complexity index is 277. The van der Waals surface area contributed by atoms with Gasteiger partial charge in [0.25, 0.3) is 0 Å². The van der Waals surface area contributed by atoms with Crippen molar-refractivity contribution in [1.29, 1.82) is 0 Å². The van der Waals surface area contributed by atoms with Gasteiger partial charge in [-0.3, -0.25) is 0 Å². The number of ether oxygens (including phenoxy) is 1. The molecule has 2 aliphatic rings. The molecule has 0 bridgehead atoms. The molecule has 2 heterocycles. The van der Waals surface area contributed by atoms with Gasteiger partial charge in [0.2, 0.25) is 6.10 Å². The second-order valence-corrected chi connectivity index (χ2v) is 3.93. The van der Waals surface area contributed by atoms with Crippen molar-refractivity contribution in [2.45, 2.75) is 25.4 Å². The Kier molecular flexibility index (Phi) is 5.02. The van der Waals surface area contributed by atoms with E-state index in [9.17, 15) is 4.79 Å². The van der Waals surface area contributed by atoms with Gasteiger partial charge in [0.15, 0.2) is 0 Å². The van der Waals surface area contributed by atoms with Crippen LogP contribution in [0.3, 0.4) is 0 Å². The van der Waals surface area contributed by atoms with Gasteiger partial charge in [0.05, 0.1) is 12.8 Å². The Morgan fingerprint density at radius 2 is 2.19 bits per heavy atom. The van der Waals surface area contributed by atoms with Crippen molar-refractivity contribution in [2.75, 3.05) is 20.2 Å². The Balaban J connectivity index is 0.00000128. The lowest BCUT2D eigenvalue weighted by molar-refractivity contribution is -0.152. The lowest BCUT2D eigenvalue weighted by atomic mass is 9.90. The van der Waals surface area contributed by atoms with E-state index in [4.69, 9.17) is 4.84 Å². The SMILES string of the molecule is COC(=O)C1CC(C2CCNCC2)=NO1.Cl. The molecule has 1 fully saturated rings. The van der Waals surface area contributed by atoms with Gasteiger partial charge in [0.1, 0.15) is 0 Å². The van der Waals surface area contributed by atoms with Gasteiger partial charge in [-0.1, -0.05) is 5.16 Å². The predicted octanol–water partition coefficient (Wildman–Crippen LogP) is 0.726. The highest BCUT2D eigenvalue weighted by Gasteiger charge is 2.32. The zero-order chi connectivity index (χ0) is 10.7. The summed E-state index contributed by atoms with van der Waals surface area (Å²) in [6.45, 7) is 2.04. The minimum absolute atomic E-state index is 0. The average Bonchev–Trinajstić information content (AvgIpc) is 2.78. The molecular weight excluding hydrogens is 232 g/mol. The Morgan fingerprint density at radius 1 is 1.50 bits per heavy atom. The third kappa shape index (κ3) is 2.86. The smallest absolute Gasteiger partial charge is 0.350 e. The largest absolute Gasteiger partial charge is 0.466 e. The molecule has 2 rings (SSSR count). The summed E-state index contributed by atoms with van der Waals surface area (Å²) in [5, 5.41) is 7.29. The van der Waals surface area contributed by atoms with Gasteiger partial charge in [-0.25, -0.2) is 4.79 Å². The molecule has 1 atom stereocenters. The maximum atomic E-state index is 11.2. The van der Waals surface area contributed by atoms with Crippen LogP contribution in [0.5, 0.6) is 0 Å². The number of rotatable bonds is 2. The number of nitrogens with zero attached hydrogens (tertiary/aromatic N) is 1. The lowest BCUT2D eigenvalue weighted by Crippen LogP contribution is -2.32. The van der Waals surface area contributed by atoms with Crippen molar-refractivity contribution in [3.05, 3.63) is 0 Å². The minimum Gasteiger partial charge on any atom is -0.466 e. The highest BCUT2D eigenvalue weighted by Crippen LogP contribution is 2.23. The van der Waals surface area contributed by atoms with Gasteiger partial charge in [0, 0.05) is 12.3 Å². The van der Waals surface area contributed by atoms with Crippen LogP contribution in [-0.2, 0) is 14.4 Å². The Hall–Kier alpha value is -0.810. The van der Waals surface area contributed by atoms with Gasteiger partial charge < -0.3 is 14.9 Å². The van der Waals surface area contributed by atoms with E-state index in [1.807, 2.05) is 0 Å². The van der Waals surface area contributed by atoms with Crippen molar-refractivity contribution < 1.29 is 14.4 Å². The highest BCUT2D eigenvalue weighted by molar-refractivity contribution is 5.92. The van der Waals surface area contributed by atoms with E-state index >= 15 is 0 Å². The molecule has 6 heteroatoms. The van der Waals surface area contributed by atoms with Crippen LogP contribution in [0.2, 0.25) is 0 Å². The van der Waals surface area contributed by atoms with Crippen LogP contribution in [-0.4, -0.2) is 38.0 Å². The van der Waals surface area contributed by atoms with Gasteiger partial charge in [-0.15, -0.1) is 12.4 Å². The Labute approximate surface area is 101 Å². The zero-order valence-electron chi connectivity index (χ0n) is 9.27. The Morgan fingerprint density at radius 3 is 2.81 bits per heavy atom. The number of halogens is 1. The first-order chi connectivity index (χ1) is 7.31. The van der Waals surface area contributed by atoms with Crippen molar-refractivity contribution in [1.82, 2.24) is 5.32 Å². The van der Waals surface area contributed by atoms with E-state index < -0.39 is 6.10 Å². The molecule has 0 spiro atoms. The van der Waals surface area contributed by atoms with Gasteiger partial charge >= 0.3 is 5.97 Å². The summed E-state index contributed by atoms with van der Waals surface area (Å²) in [7, 11) is 1.37.